The Hall–Kier alpha value is -4.05. The summed E-state index contributed by atoms with van der Waals surface area (Å²) in [7, 11) is -0.739. The van der Waals surface area contributed by atoms with E-state index in [4.69, 9.17) is 9.47 Å². The Morgan fingerprint density at radius 3 is 2.38 bits per heavy atom. The number of nitrogens with one attached hydrogen (secondary N) is 2. The van der Waals surface area contributed by atoms with E-state index >= 15 is 0 Å². The van der Waals surface area contributed by atoms with Crippen LogP contribution >= 0.6 is 0 Å². The molecular weight excluding hydrogens is 497 g/mol. The smallest absolute Gasteiger partial charge is 0.319 e. The summed E-state index contributed by atoms with van der Waals surface area (Å²) in [6, 6.07) is 17.8. The molecule has 2 amide bonds. The maximum absolute atomic E-state index is 13.4. The molecule has 0 aliphatic rings. The normalized spacial score (nSPS) is 11.4. The van der Waals surface area contributed by atoms with Crippen molar-refractivity contribution < 1.29 is 27.1 Å². The van der Waals surface area contributed by atoms with Gasteiger partial charge in [0.15, 0.2) is 21.3 Å². The first-order valence-corrected chi connectivity index (χ1v) is 13.2. The zero-order valence-electron chi connectivity index (χ0n) is 20.7. The van der Waals surface area contributed by atoms with E-state index in [1.54, 1.807) is 49.4 Å². The number of carbonyl (C=O) groups is 1. The average Bonchev–Trinajstić information content (AvgIpc) is 3.16. The molecule has 0 aliphatic carbocycles. The van der Waals surface area contributed by atoms with Crippen molar-refractivity contribution in [1.29, 1.82) is 0 Å². The summed E-state index contributed by atoms with van der Waals surface area (Å²) in [5.41, 5.74) is 2.67. The fourth-order valence-corrected chi connectivity index (χ4v) is 5.90. The van der Waals surface area contributed by atoms with Crippen LogP contribution in [-0.4, -0.2) is 45.5 Å². The number of urea groups is 1. The van der Waals surface area contributed by atoms with Crippen LogP contribution in [0.1, 0.15) is 11.3 Å². The number of nitrogens with zero attached hydrogens (tertiary/aromatic N) is 1. The molecule has 0 fully saturated rings. The average molecular weight is 526 g/mol. The van der Waals surface area contributed by atoms with Gasteiger partial charge >= 0.3 is 6.03 Å². The van der Waals surface area contributed by atoms with Crippen molar-refractivity contribution in [2.75, 3.05) is 31.8 Å². The van der Waals surface area contributed by atoms with Gasteiger partial charge in [0.25, 0.3) is 0 Å². The number of fused-ring (bicyclic) bond motifs is 1. The van der Waals surface area contributed by atoms with Crippen molar-refractivity contribution in [1.82, 2.24) is 9.88 Å². The van der Waals surface area contributed by atoms with Gasteiger partial charge in [0, 0.05) is 41.4 Å². The molecule has 8 nitrogen and oxygen atoms in total. The second-order valence-electron chi connectivity index (χ2n) is 8.41. The zero-order chi connectivity index (χ0) is 26.6. The van der Waals surface area contributed by atoms with Crippen LogP contribution in [0.4, 0.5) is 14.9 Å². The zero-order valence-corrected chi connectivity index (χ0v) is 21.6. The van der Waals surface area contributed by atoms with Crippen LogP contribution in [0.25, 0.3) is 10.9 Å². The van der Waals surface area contributed by atoms with Crippen LogP contribution in [0.5, 0.6) is 11.5 Å². The number of hydrogen-bond acceptors (Lipinski definition) is 5. The third kappa shape index (κ3) is 5.69. The number of methoxy groups -OCH3 is 2. The van der Waals surface area contributed by atoms with Crippen molar-refractivity contribution in [2.24, 2.45) is 0 Å². The summed E-state index contributed by atoms with van der Waals surface area (Å²) < 4.78 is 52.5. The van der Waals surface area contributed by atoms with Gasteiger partial charge in [0.2, 0.25) is 0 Å². The minimum Gasteiger partial charge on any atom is -0.493 e. The molecule has 1 aromatic heterocycles. The van der Waals surface area contributed by atoms with E-state index in [-0.39, 0.29) is 23.0 Å². The van der Waals surface area contributed by atoms with E-state index < -0.39 is 15.9 Å². The van der Waals surface area contributed by atoms with Gasteiger partial charge in [0.1, 0.15) is 5.82 Å². The van der Waals surface area contributed by atoms with Crippen LogP contribution in [0.3, 0.4) is 0 Å². The predicted octanol–water partition coefficient (Wildman–Crippen LogP) is 4.75. The van der Waals surface area contributed by atoms with E-state index in [2.05, 4.69) is 10.6 Å². The fraction of sp³-hybridized carbons (Fsp3) is 0.222. The first kappa shape index (κ1) is 26.0. The quantitative estimate of drug-likeness (QED) is 0.329. The number of benzene rings is 3. The number of carbonyl (C=O) groups excluding carboxylic acids is 1. The molecule has 1 heterocycles. The Balaban J connectivity index is 1.49. The van der Waals surface area contributed by atoms with Crippen LogP contribution in [0.2, 0.25) is 0 Å². The number of sulfone groups is 1. The highest BCUT2D eigenvalue weighted by Gasteiger charge is 2.25. The van der Waals surface area contributed by atoms with Gasteiger partial charge in [-0.25, -0.2) is 17.6 Å². The number of ether oxygens (including phenoxy) is 2. The fourth-order valence-electron chi connectivity index (χ4n) is 4.26. The Labute approximate surface area is 214 Å². The summed E-state index contributed by atoms with van der Waals surface area (Å²) in [6.45, 7) is 2.07. The van der Waals surface area contributed by atoms with E-state index in [0.29, 0.717) is 34.8 Å². The lowest BCUT2D eigenvalue weighted by Crippen LogP contribution is -2.33. The molecule has 0 spiro atoms. The molecule has 0 unspecified atom stereocenters. The molecule has 4 aromatic rings. The highest BCUT2D eigenvalue weighted by Crippen LogP contribution is 2.32. The van der Waals surface area contributed by atoms with Gasteiger partial charge in [-0.2, -0.15) is 0 Å². The van der Waals surface area contributed by atoms with Crippen LogP contribution in [0.15, 0.2) is 71.6 Å². The predicted molar refractivity (Wildman–Crippen MR) is 141 cm³/mol. The molecular formula is C27H28FN3O5S. The molecule has 0 aliphatic heterocycles. The molecule has 0 radical (unpaired) electrons. The molecule has 37 heavy (non-hydrogen) atoms. The molecule has 0 bridgehead atoms. The van der Waals surface area contributed by atoms with Gasteiger partial charge < -0.3 is 24.7 Å². The summed E-state index contributed by atoms with van der Waals surface area (Å²) in [4.78, 5) is 12.6. The number of para-hydroxylation sites is 1. The van der Waals surface area contributed by atoms with Gasteiger partial charge in [-0.1, -0.05) is 30.3 Å². The van der Waals surface area contributed by atoms with Gasteiger partial charge in [-0.15, -0.1) is 0 Å². The van der Waals surface area contributed by atoms with E-state index in [0.717, 1.165) is 11.1 Å². The van der Waals surface area contributed by atoms with Gasteiger partial charge in [-0.3, -0.25) is 0 Å². The lowest BCUT2D eigenvalue weighted by atomic mass is 10.2. The van der Waals surface area contributed by atoms with Crippen LogP contribution in [-0.2, 0) is 16.4 Å². The highest BCUT2D eigenvalue weighted by molar-refractivity contribution is 7.91. The molecule has 194 valence electrons. The SMILES string of the molecule is COc1ccc(NC(=O)NCCS(=O)(=O)c2c(C)n(Cc3ccc(F)cc3)c3ccccc23)cc1OC. The lowest BCUT2D eigenvalue weighted by Gasteiger charge is -2.12. The molecule has 0 saturated carbocycles. The molecule has 10 heteroatoms. The molecule has 0 saturated heterocycles. The maximum Gasteiger partial charge on any atom is 0.319 e. The third-order valence-electron chi connectivity index (χ3n) is 6.04. The molecule has 0 atom stereocenters. The van der Waals surface area contributed by atoms with Gasteiger partial charge in [-0.05, 0) is 42.8 Å². The minimum absolute atomic E-state index is 0.0850. The topological polar surface area (TPSA) is 98.7 Å². The lowest BCUT2D eigenvalue weighted by molar-refractivity contribution is 0.252. The van der Waals surface area contributed by atoms with E-state index in [9.17, 15) is 17.6 Å². The van der Waals surface area contributed by atoms with E-state index in [1.807, 2.05) is 16.7 Å². The third-order valence-corrected chi connectivity index (χ3v) is 7.91. The monoisotopic (exact) mass is 525 g/mol. The van der Waals surface area contributed by atoms with Crippen molar-refractivity contribution in [2.45, 2.75) is 18.4 Å². The number of amides is 2. The summed E-state index contributed by atoms with van der Waals surface area (Å²) in [5, 5.41) is 5.87. The number of aromatic nitrogens is 1. The summed E-state index contributed by atoms with van der Waals surface area (Å²) in [5.74, 6) is 0.366. The number of anilines is 1. The Kier molecular flexibility index (Phi) is 7.68. The maximum atomic E-state index is 13.4. The molecule has 3 aromatic carbocycles. The first-order chi connectivity index (χ1) is 17.7. The standard InChI is InChI=1S/C27H28FN3O5S/c1-18-26(22-6-4-5-7-23(22)31(18)17-19-8-10-20(28)11-9-19)37(33,34)15-14-29-27(32)30-21-12-13-24(35-2)25(16-21)36-3/h4-13,16H,14-15,17H2,1-3H3,(H2,29,30,32). The van der Waals surface area contributed by atoms with Crippen molar-refractivity contribution in [3.8, 4) is 11.5 Å². The number of hydrogen-bond donors (Lipinski definition) is 2. The second-order valence-corrected chi connectivity index (χ2v) is 10.5. The minimum atomic E-state index is -3.74. The summed E-state index contributed by atoms with van der Waals surface area (Å²) in [6.07, 6.45) is 0. The van der Waals surface area contributed by atoms with E-state index in [1.165, 1.54) is 26.4 Å². The van der Waals surface area contributed by atoms with Crippen molar-refractivity contribution >= 4 is 32.5 Å². The summed E-state index contributed by atoms with van der Waals surface area (Å²) >= 11 is 0. The number of halogens is 1. The van der Waals surface area contributed by atoms with Crippen LogP contribution < -0.4 is 20.1 Å². The van der Waals surface area contributed by atoms with Crippen molar-refractivity contribution in [3.63, 3.8) is 0 Å². The largest absolute Gasteiger partial charge is 0.493 e. The highest BCUT2D eigenvalue weighted by atomic mass is 32.2. The van der Waals surface area contributed by atoms with Crippen LogP contribution in [0, 0.1) is 12.7 Å². The van der Waals surface area contributed by atoms with Crippen molar-refractivity contribution in [3.05, 3.63) is 83.8 Å². The number of rotatable bonds is 9. The Bertz CT molecular complexity index is 1530. The molecule has 2 N–H and O–H groups in total. The Morgan fingerprint density at radius 1 is 0.973 bits per heavy atom. The first-order valence-electron chi connectivity index (χ1n) is 11.6. The molecule has 4 rings (SSSR count). The Morgan fingerprint density at radius 2 is 1.68 bits per heavy atom. The van der Waals surface area contributed by atoms with Gasteiger partial charge in [0.05, 0.1) is 24.9 Å². The second kappa shape index (κ2) is 10.9.